The van der Waals surface area contributed by atoms with Crippen molar-refractivity contribution in [3.05, 3.63) is 29.3 Å². The first-order valence-corrected chi connectivity index (χ1v) is 5.71. The van der Waals surface area contributed by atoms with Crippen molar-refractivity contribution in [1.29, 1.82) is 5.26 Å². The van der Waals surface area contributed by atoms with E-state index < -0.39 is 0 Å². The number of nitriles is 1. The Labute approximate surface area is 104 Å². The lowest BCUT2D eigenvalue weighted by atomic mass is 9.91. The average molecular weight is 232 g/mol. The van der Waals surface area contributed by atoms with Crippen LogP contribution in [-0.2, 0) is 0 Å². The summed E-state index contributed by atoms with van der Waals surface area (Å²) in [6, 6.07) is 8.27. The van der Waals surface area contributed by atoms with Gasteiger partial charge in [-0.2, -0.15) is 5.26 Å². The van der Waals surface area contributed by atoms with E-state index in [1.165, 1.54) is 5.56 Å². The molecule has 3 nitrogen and oxygen atoms in total. The van der Waals surface area contributed by atoms with Crippen LogP contribution in [0.3, 0.4) is 0 Å². The molecule has 0 amide bonds. The Morgan fingerprint density at radius 2 is 2.00 bits per heavy atom. The molecule has 0 bridgehead atoms. The van der Waals surface area contributed by atoms with Crippen molar-refractivity contribution in [2.45, 2.75) is 25.8 Å². The van der Waals surface area contributed by atoms with Gasteiger partial charge in [-0.05, 0) is 32.6 Å². The molecule has 1 rings (SSSR count). The lowest BCUT2D eigenvalue weighted by Crippen LogP contribution is -2.31. The van der Waals surface area contributed by atoms with E-state index in [4.69, 9.17) is 4.74 Å². The second kappa shape index (κ2) is 5.70. The molecule has 0 radical (unpaired) electrons. The molecule has 0 aliphatic heterocycles. The Morgan fingerprint density at radius 3 is 2.47 bits per heavy atom. The van der Waals surface area contributed by atoms with Crippen molar-refractivity contribution in [2.75, 3.05) is 21.2 Å². The number of rotatable bonds is 4. The Hall–Kier alpha value is -1.53. The lowest BCUT2D eigenvalue weighted by Gasteiger charge is -2.25. The molecule has 2 unspecified atom stereocenters. The van der Waals surface area contributed by atoms with E-state index in [1.807, 2.05) is 38.1 Å². The van der Waals surface area contributed by atoms with Gasteiger partial charge in [0.2, 0.25) is 0 Å². The highest BCUT2D eigenvalue weighted by molar-refractivity contribution is 5.40. The molecule has 17 heavy (non-hydrogen) atoms. The van der Waals surface area contributed by atoms with Gasteiger partial charge in [0.25, 0.3) is 0 Å². The van der Waals surface area contributed by atoms with Crippen molar-refractivity contribution < 1.29 is 4.74 Å². The normalized spacial score (nSPS) is 14.2. The lowest BCUT2D eigenvalue weighted by molar-refractivity contribution is 0.310. The van der Waals surface area contributed by atoms with Crippen molar-refractivity contribution >= 4 is 0 Å². The summed E-state index contributed by atoms with van der Waals surface area (Å²) in [5.41, 5.74) is 2.27. The first-order chi connectivity index (χ1) is 8.01. The predicted octanol–water partition coefficient (Wildman–Crippen LogP) is 2.56. The van der Waals surface area contributed by atoms with E-state index in [0.717, 1.165) is 11.3 Å². The molecule has 1 aromatic carbocycles. The highest BCUT2D eigenvalue weighted by Gasteiger charge is 2.23. The number of likely N-dealkylation sites (N-methyl/N-ethyl adjacent to an activating group) is 1. The molecule has 0 heterocycles. The molecular weight excluding hydrogens is 212 g/mol. The van der Waals surface area contributed by atoms with E-state index in [-0.39, 0.29) is 12.0 Å². The molecule has 0 fully saturated rings. The Morgan fingerprint density at radius 1 is 1.35 bits per heavy atom. The smallest absolute Gasteiger partial charge is 0.122 e. The van der Waals surface area contributed by atoms with E-state index in [0.29, 0.717) is 0 Å². The van der Waals surface area contributed by atoms with Crippen LogP contribution >= 0.6 is 0 Å². The standard InChI is InChI=1S/C14H20N2O/c1-10-6-7-14(17-5)12(8-10)11(2)13(9-15)16(3)4/h6-8,11,13H,1-5H3. The van der Waals surface area contributed by atoms with Crippen molar-refractivity contribution in [3.8, 4) is 11.8 Å². The Kier molecular flexibility index (Phi) is 4.53. The fraction of sp³-hybridized carbons (Fsp3) is 0.500. The third kappa shape index (κ3) is 2.98. The maximum atomic E-state index is 9.23. The average Bonchev–Trinajstić information content (AvgIpc) is 2.29. The summed E-state index contributed by atoms with van der Waals surface area (Å²) in [5.74, 6) is 0.968. The SMILES string of the molecule is COc1ccc(C)cc1C(C)C(C#N)N(C)C. The number of methoxy groups -OCH3 is 1. The van der Waals surface area contributed by atoms with Crippen LogP contribution in [-0.4, -0.2) is 32.1 Å². The quantitative estimate of drug-likeness (QED) is 0.800. The number of aryl methyl sites for hydroxylation is 1. The van der Waals surface area contributed by atoms with Crippen molar-refractivity contribution in [2.24, 2.45) is 0 Å². The summed E-state index contributed by atoms with van der Waals surface area (Å²) in [5, 5.41) is 9.23. The van der Waals surface area contributed by atoms with Gasteiger partial charge in [0.15, 0.2) is 0 Å². The second-order valence-corrected chi connectivity index (χ2v) is 4.57. The summed E-state index contributed by atoms with van der Waals surface area (Å²) in [7, 11) is 5.51. The zero-order valence-corrected chi connectivity index (χ0v) is 11.2. The minimum absolute atomic E-state index is 0.116. The number of nitrogens with zero attached hydrogens (tertiary/aromatic N) is 2. The maximum absolute atomic E-state index is 9.23. The van der Waals surface area contributed by atoms with Gasteiger partial charge in [-0.3, -0.25) is 4.90 Å². The van der Waals surface area contributed by atoms with E-state index in [2.05, 4.69) is 19.1 Å². The van der Waals surface area contributed by atoms with E-state index in [9.17, 15) is 5.26 Å². The van der Waals surface area contributed by atoms with Gasteiger partial charge in [0, 0.05) is 5.92 Å². The van der Waals surface area contributed by atoms with Crippen LogP contribution in [0.2, 0.25) is 0 Å². The molecular formula is C14H20N2O. The molecule has 0 aliphatic rings. The molecule has 0 aliphatic carbocycles. The first kappa shape index (κ1) is 13.5. The van der Waals surface area contributed by atoms with Gasteiger partial charge in [-0.15, -0.1) is 0 Å². The highest BCUT2D eigenvalue weighted by atomic mass is 16.5. The van der Waals surface area contributed by atoms with Crippen molar-refractivity contribution in [3.63, 3.8) is 0 Å². The molecule has 1 aromatic rings. The van der Waals surface area contributed by atoms with Crippen LogP contribution in [0.25, 0.3) is 0 Å². The summed E-state index contributed by atoms with van der Waals surface area (Å²) in [6.45, 7) is 4.11. The van der Waals surface area contributed by atoms with Gasteiger partial charge in [-0.25, -0.2) is 0 Å². The third-order valence-corrected chi connectivity index (χ3v) is 3.04. The van der Waals surface area contributed by atoms with Gasteiger partial charge >= 0.3 is 0 Å². The summed E-state index contributed by atoms with van der Waals surface area (Å²) >= 11 is 0. The number of ether oxygens (including phenoxy) is 1. The molecule has 0 N–H and O–H groups in total. The second-order valence-electron chi connectivity index (χ2n) is 4.57. The monoisotopic (exact) mass is 232 g/mol. The van der Waals surface area contributed by atoms with Gasteiger partial charge in [0.05, 0.1) is 13.2 Å². The summed E-state index contributed by atoms with van der Waals surface area (Å²) in [4.78, 5) is 1.94. The number of hydrogen-bond acceptors (Lipinski definition) is 3. The minimum atomic E-state index is -0.148. The van der Waals surface area contributed by atoms with Gasteiger partial charge in [0.1, 0.15) is 11.8 Å². The molecule has 0 aromatic heterocycles. The van der Waals surface area contributed by atoms with Crippen molar-refractivity contribution in [1.82, 2.24) is 4.90 Å². The summed E-state index contributed by atoms with van der Waals surface area (Å²) in [6.07, 6.45) is 0. The van der Waals surface area contributed by atoms with Crippen LogP contribution in [0.5, 0.6) is 5.75 Å². The predicted molar refractivity (Wildman–Crippen MR) is 69.2 cm³/mol. The van der Waals surface area contributed by atoms with Gasteiger partial charge < -0.3 is 4.74 Å². The first-order valence-electron chi connectivity index (χ1n) is 5.71. The van der Waals surface area contributed by atoms with E-state index >= 15 is 0 Å². The van der Waals surface area contributed by atoms with Crippen LogP contribution in [0, 0.1) is 18.3 Å². The molecule has 0 saturated carbocycles. The van der Waals surface area contributed by atoms with Crippen LogP contribution < -0.4 is 4.74 Å². The topological polar surface area (TPSA) is 36.3 Å². The molecule has 2 atom stereocenters. The Balaban J connectivity index is 3.14. The molecule has 0 spiro atoms. The molecule has 3 heteroatoms. The van der Waals surface area contributed by atoms with E-state index in [1.54, 1.807) is 7.11 Å². The number of benzene rings is 1. The van der Waals surface area contributed by atoms with Crippen LogP contribution in [0.4, 0.5) is 0 Å². The summed E-state index contributed by atoms with van der Waals surface area (Å²) < 4.78 is 5.37. The number of hydrogen-bond donors (Lipinski definition) is 0. The largest absolute Gasteiger partial charge is 0.496 e. The maximum Gasteiger partial charge on any atom is 0.122 e. The highest BCUT2D eigenvalue weighted by Crippen LogP contribution is 2.30. The fourth-order valence-electron chi connectivity index (χ4n) is 2.05. The molecule has 92 valence electrons. The van der Waals surface area contributed by atoms with Crippen LogP contribution in [0.1, 0.15) is 24.0 Å². The molecule has 0 saturated heterocycles. The van der Waals surface area contributed by atoms with Crippen LogP contribution in [0.15, 0.2) is 18.2 Å². The zero-order valence-electron chi connectivity index (χ0n) is 11.2. The third-order valence-electron chi connectivity index (χ3n) is 3.04. The zero-order chi connectivity index (χ0) is 13.0. The Bertz CT molecular complexity index is 421. The fourth-order valence-corrected chi connectivity index (χ4v) is 2.05. The van der Waals surface area contributed by atoms with Gasteiger partial charge in [-0.1, -0.05) is 24.6 Å². The minimum Gasteiger partial charge on any atom is -0.496 e.